The highest BCUT2D eigenvalue weighted by molar-refractivity contribution is 8.15. The molecule has 2 aliphatic rings. The van der Waals surface area contributed by atoms with Gasteiger partial charge >= 0.3 is 0 Å². The van der Waals surface area contributed by atoms with Gasteiger partial charge in [0.1, 0.15) is 11.7 Å². The van der Waals surface area contributed by atoms with E-state index in [4.69, 9.17) is 4.99 Å². The molecule has 0 aromatic heterocycles. The standard InChI is InChI=1S/C19H14N4O3S/c24-14-10-15(25)23-19(22-14)27-17-16(11-6-2-1-3-7-11)20-12-8-4-5-9-13(12)21-18(17)26/h1-9,17H,10H2,(H,21,26)(H,22,23,24,25). The van der Waals surface area contributed by atoms with Gasteiger partial charge in [0.05, 0.1) is 17.1 Å². The fourth-order valence-corrected chi connectivity index (χ4v) is 3.79. The number of carbonyl (C=O) groups is 3. The van der Waals surface area contributed by atoms with Crippen LogP contribution in [0.1, 0.15) is 12.0 Å². The molecule has 0 bridgehead atoms. The van der Waals surface area contributed by atoms with Gasteiger partial charge in [0.2, 0.25) is 11.8 Å². The minimum Gasteiger partial charge on any atom is -0.323 e. The first-order valence-corrected chi connectivity index (χ1v) is 9.10. The lowest BCUT2D eigenvalue weighted by Crippen LogP contribution is -2.40. The summed E-state index contributed by atoms with van der Waals surface area (Å²) >= 11 is 0.998. The molecule has 2 heterocycles. The average Bonchev–Trinajstić information content (AvgIpc) is 2.78. The fourth-order valence-electron chi connectivity index (χ4n) is 2.77. The molecule has 1 unspecified atom stereocenters. The number of hydrogen-bond acceptors (Lipinski definition) is 5. The number of amides is 3. The zero-order chi connectivity index (χ0) is 18.8. The monoisotopic (exact) mass is 378 g/mol. The van der Waals surface area contributed by atoms with Crippen molar-refractivity contribution in [2.45, 2.75) is 11.7 Å². The smallest absolute Gasteiger partial charge is 0.257 e. The second kappa shape index (κ2) is 7.16. The first kappa shape index (κ1) is 17.2. The van der Waals surface area contributed by atoms with Crippen LogP contribution in [0.5, 0.6) is 0 Å². The third kappa shape index (κ3) is 3.65. The summed E-state index contributed by atoms with van der Waals surface area (Å²) in [6, 6.07) is 16.6. The number of anilines is 1. The maximum absolute atomic E-state index is 12.9. The van der Waals surface area contributed by atoms with Crippen LogP contribution < -0.4 is 10.6 Å². The Balaban J connectivity index is 1.78. The number of rotatable bonds is 2. The lowest BCUT2D eigenvalue weighted by molar-refractivity contribution is -0.127. The molecule has 27 heavy (non-hydrogen) atoms. The molecule has 2 N–H and O–H groups in total. The molecule has 2 aromatic carbocycles. The summed E-state index contributed by atoms with van der Waals surface area (Å²) < 4.78 is 0. The van der Waals surface area contributed by atoms with Crippen molar-refractivity contribution in [3.05, 3.63) is 60.2 Å². The molecule has 7 nitrogen and oxygen atoms in total. The molecule has 0 saturated carbocycles. The molecule has 0 saturated heterocycles. The maximum atomic E-state index is 12.9. The van der Waals surface area contributed by atoms with Crippen LogP contribution in [0.4, 0.5) is 11.4 Å². The van der Waals surface area contributed by atoms with E-state index in [1.807, 2.05) is 48.5 Å². The second-order valence-corrected chi connectivity index (χ2v) is 7.00. The van der Waals surface area contributed by atoms with Crippen molar-refractivity contribution >= 4 is 51.7 Å². The van der Waals surface area contributed by atoms with E-state index in [9.17, 15) is 14.4 Å². The molecular formula is C19H14N4O3S. The van der Waals surface area contributed by atoms with Gasteiger partial charge in [-0.2, -0.15) is 4.99 Å². The number of aliphatic imine (C=N–C) groups is 2. The predicted molar refractivity (Wildman–Crippen MR) is 104 cm³/mol. The Kier molecular flexibility index (Phi) is 4.55. The Bertz CT molecular complexity index is 1000. The molecule has 2 aliphatic heterocycles. The number of para-hydroxylation sites is 2. The van der Waals surface area contributed by atoms with Crippen LogP contribution in [0.3, 0.4) is 0 Å². The van der Waals surface area contributed by atoms with Crippen molar-refractivity contribution in [3.63, 3.8) is 0 Å². The summed E-state index contributed by atoms with van der Waals surface area (Å²) in [6.45, 7) is 0. The van der Waals surface area contributed by atoms with Gasteiger partial charge in [-0.05, 0) is 17.7 Å². The van der Waals surface area contributed by atoms with E-state index in [-0.39, 0.29) is 17.5 Å². The van der Waals surface area contributed by atoms with Gasteiger partial charge in [0.25, 0.3) is 5.91 Å². The van der Waals surface area contributed by atoms with Gasteiger partial charge in [-0.25, -0.2) is 4.99 Å². The lowest BCUT2D eigenvalue weighted by atomic mass is 10.1. The van der Waals surface area contributed by atoms with Crippen LogP contribution in [0, 0.1) is 0 Å². The number of carbonyl (C=O) groups excluding carboxylic acids is 3. The highest BCUT2D eigenvalue weighted by atomic mass is 32.2. The van der Waals surface area contributed by atoms with Gasteiger partial charge in [0, 0.05) is 0 Å². The van der Waals surface area contributed by atoms with E-state index in [0.29, 0.717) is 17.1 Å². The summed E-state index contributed by atoms with van der Waals surface area (Å²) in [5, 5.41) is 4.72. The van der Waals surface area contributed by atoms with Crippen LogP contribution in [-0.2, 0) is 14.4 Å². The van der Waals surface area contributed by atoms with Crippen molar-refractivity contribution in [1.29, 1.82) is 0 Å². The van der Waals surface area contributed by atoms with Gasteiger partial charge in [-0.1, -0.05) is 54.2 Å². The number of fused-ring (bicyclic) bond motifs is 1. The van der Waals surface area contributed by atoms with E-state index in [2.05, 4.69) is 15.6 Å². The first-order valence-electron chi connectivity index (χ1n) is 8.22. The van der Waals surface area contributed by atoms with Gasteiger partial charge < -0.3 is 10.6 Å². The van der Waals surface area contributed by atoms with E-state index < -0.39 is 17.1 Å². The van der Waals surface area contributed by atoms with E-state index in [0.717, 1.165) is 17.3 Å². The number of amidine groups is 1. The van der Waals surface area contributed by atoms with Crippen LogP contribution >= 0.6 is 11.8 Å². The number of nitrogens with zero attached hydrogens (tertiary/aromatic N) is 2. The molecule has 0 fully saturated rings. The van der Waals surface area contributed by atoms with Crippen LogP contribution in [0.25, 0.3) is 0 Å². The van der Waals surface area contributed by atoms with Crippen molar-refractivity contribution in [2.75, 3.05) is 5.32 Å². The summed E-state index contributed by atoms with van der Waals surface area (Å²) in [5.41, 5.74) is 2.54. The molecule has 8 heteroatoms. The molecule has 0 radical (unpaired) electrons. The quantitative estimate of drug-likeness (QED) is 0.783. The summed E-state index contributed by atoms with van der Waals surface area (Å²) in [5.74, 6) is -1.27. The van der Waals surface area contributed by atoms with E-state index in [1.165, 1.54) is 0 Å². The molecule has 0 aliphatic carbocycles. The summed E-state index contributed by atoms with van der Waals surface area (Å²) in [4.78, 5) is 44.7. The first-order chi connectivity index (χ1) is 13.1. The molecule has 0 spiro atoms. The zero-order valence-corrected chi connectivity index (χ0v) is 14.8. The van der Waals surface area contributed by atoms with Gasteiger partial charge in [-0.15, -0.1) is 0 Å². The van der Waals surface area contributed by atoms with Crippen LogP contribution in [0.15, 0.2) is 64.6 Å². The second-order valence-electron chi connectivity index (χ2n) is 5.90. The van der Waals surface area contributed by atoms with E-state index >= 15 is 0 Å². The highest BCUT2D eigenvalue weighted by Gasteiger charge is 2.33. The lowest BCUT2D eigenvalue weighted by Gasteiger charge is -2.19. The molecule has 4 rings (SSSR count). The Hall–Kier alpha value is -3.26. The van der Waals surface area contributed by atoms with Crippen molar-refractivity contribution in [2.24, 2.45) is 9.98 Å². The molecule has 3 amide bonds. The predicted octanol–water partition coefficient (Wildman–Crippen LogP) is 2.26. The third-order valence-electron chi connectivity index (χ3n) is 3.97. The number of hydrogen-bond donors (Lipinski definition) is 2. The summed E-state index contributed by atoms with van der Waals surface area (Å²) in [6.07, 6.45) is -0.286. The SMILES string of the molecule is O=C1CC(=O)NC(SC2C(=O)Nc3ccccc3N=C2c2ccccc2)=N1. The number of benzene rings is 2. The molecule has 1 atom stereocenters. The van der Waals surface area contributed by atoms with Gasteiger partial charge in [0.15, 0.2) is 5.17 Å². The van der Waals surface area contributed by atoms with Crippen molar-refractivity contribution in [1.82, 2.24) is 5.32 Å². The molecule has 134 valence electrons. The minimum atomic E-state index is -0.787. The normalized spacial score (nSPS) is 19.3. The molecular weight excluding hydrogens is 364 g/mol. The fraction of sp³-hybridized carbons (Fsp3) is 0.105. The summed E-state index contributed by atoms with van der Waals surface area (Å²) in [7, 11) is 0. The molecule has 2 aromatic rings. The van der Waals surface area contributed by atoms with Crippen LogP contribution in [-0.4, -0.2) is 33.9 Å². The zero-order valence-electron chi connectivity index (χ0n) is 14.0. The van der Waals surface area contributed by atoms with Gasteiger partial charge in [-0.3, -0.25) is 14.4 Å². The third-order valence-corrected chi connectivity index (χ3v) is 5.06. The number of thioether (sulfide) groups is 1. The Labute approximate surface area is 159 Å². The Morgan fingerprint density at radius 1 is 0.889 bits per heavy atom. The average molecular weight is 378 g/mol. The Morgan fingerprint density at radius 3 is 2.41 bits per heavy atom. The highest BCUT2D eigenvalue weighted by Crippen LogP contribution is 2.32. The van der Waals surface area contributed by atoms with Crippen LogP contribution in [0.2, 0.25) is 0 Å². The maximum Gasteiger partial charge on any atom is 0.257 e. The Morgan fingerprint density at radius 2 is 1.63 bits per heavy atom. The van der Waals surface area contributed by atoms with Crippen molar-refractivity contribution < 1.29 is 14.4 Å². The largest absolute Gasteiger partial charge is 0.323 e. The van der Waals surface area contributed by atoms with Crippen molar-refractivity contribution in [3.8, 4) is 0 Å². The number of nitrogens with one attached hydrogen (secondary N) is 2. The van der Waals surface area contributed by atoms with E-state index in [1.54, 1.807) is 6.07 Å². The minimum absolute atomic E-state index is 0.103. The topological polar surface area (TPSA) is 100.0 Å².